The van der Waals surface area contributed by atoms with Crippen LogP contribution in [0.2, 0.25) is 22.3 Å². The molecule has 0 aliphatic rings. The normalized spacial score (nSPS) is 12.7. The first-order valence-corrected chi connectivity index (χ1v) is 29.1. The minimum atomic E-state index is -3.22. The summed E-state index contributed by atoms with van der Waals surface area (Å²) in [5.41, 5.74) is 7.14. The molecule has 0 fully saturated rings. The van der Waals surface area contributed by atoms with E-state index in [0.717, 1.165) is 37.4 Å². The molecule has 0 heterocycles. The Kier molecular flexibility index (Phi) is 36.1. The van der Waals surface area contributed by atoms with Crippen LogP contribution in [0.1, 0.15) is 194 Å². The second-order valence-electron chi connectivity index (χ2n) is 15.0. The molecule has 280 valence electrons. The molecule has 47 heavy (non-hydrogen) atoms. The van der Waals surface area contributed by atoms with E-state index in [2.05, 4.69) is 60.4 Å². The van der Waals surface area contributed by atoms with Crippen molar-refractivity contribution in [1.29, 1.82) is 0 Å². The molecule has 1 N–H and O–H groups in total. The predicted octanol–water partition coefficient (Wildman–Crippen LogP) is 15.1. The average molecular weight is 745 g/mol. The van der Waals surface area contributed by atoms with Crippen molar-refractivity contribution in [3.63, 3.8) is 0 Å². The van der Waals surface area contributed by atoms with Gasteiger partial charge in [-0.25, -0.2) is 0 Å². The Balaban J connectivity index is 3.91. The van der Waals surface area contributed by atoms with Crippen molar-refractivity contribution in [2.45, 2.75) is 216 Å². The summed E-state index contributed by atoms with van der Waals surface area (Å²) in [6, 6.07) is 0. The first-order chi connectivity index (χ1) is 22.8. The van der Waals surface area contributed by atoms with Gasteiger partial charge in [0.2, 0.25) is 0 Å². The fraction of sp³-hybridized carbons (Fsp3) is 0.902. The van der Waals surface area contributed by atoms with Crippen LogP contribution in [0, 0.1) is 0 Å². The molecule has 0 unspecified atom stereocenters. The molecule has 0 saturated heterocycles. The molecular weight excluding hydrogens is 660 g/mol. The molecule has 0 aromatic carbocycles. The van der Waals surface area contributed by atoms with Gasteiger partial charge in [0.15, 0.2) is 0 Å². The van der Waals surface area contributed by atoms with Gasteiger partial charge >= 0.3 is 159 Å². The maximum atomic E-state index is 13.5. The van der Waals surface area contributed by atoms with Gasteiger partial charge in [0.25, 0.3) is 0 Å². The van der Waals surface area contributed by atoms with E-state index >= 15 is 0 Å². The zero-order valence-electron chi connectivity index (χ0n) is 32.6. The van der Waals surface area contributed by atoms with E-state index in [1.807, 2.05) is 0 Å². The fourth-order valence-corrected chi connectivity index (χ4v) is 9.13. The van der Waals surface area contributed by atoms with Crippen molar-refractivity contribution < 1.29 is 13.6 Å². The molecule has 0 amide bonds. The number of hydrogen-bond acceptors (Lipinski definition) is 3. The van der Waals surface area contributed by atoms with Gasteiger partial charge in [-0.3, -0.25) is 0 Å². The molecule has 0 aliphatic heterocycles. The van der Waals surface area contributed by atoms with E-state index in [1.165, 1.54) is 154 Å². The summed E-state index contributed by atoms with van der Waals surface area (Å²) in [6.07, 6.45) is 45.5. The van der Waals surface area contributed by atoms with Crippen LogP contribution in [0.5, 0.6) is 0 Å². The Bertz CT molecular complexity index is 689. The van der Waals surface area contributed by atoms with Crippen molar-refractivity contribution in [3.05, 3.63) is 24.3 Å². The molecule has 4 nitrogen and oxygen atoms in total. The predicted molar refractivity (Wildman–Crippen MR) is 215 cm³/mol. The van der Waals surface area contributed by atoms with Gasteiger partial charge < -0.3 is 0 Å². The molecule has 0 aromatic heterocycles. The average Bonchev–Trinajstić information content (AvgIpc) is 3.03. The summed E-state index contributed by atoms with van der Waals surface area (Å²) in [6.45, 7) is 6.34. The van der Waals surface area contributed by atoms with Gasteiger partial charge in [-0.1, -0.05) is 102 Å². The summed E-state index contributed by atoms with van der Waals surface area (Å²) in [7, 11) is -3.22. The van der Waals surface area contributed by atoms with E-state index < -0.39 is 21.3 Å². The number of hydrogen-bond donors (Lipinski definition) is 1. The van der Waals surface area contributed by atoms with Crippen molar-refractivity contribution in [2.75, 3.05) is 19.8 Å². The smallest absolute Gasteiger partial charge is 0.0885 e. The molecule has 0 atom stereocenters. The van der Waals surface area contributed by atoms with Crippen LogP contribution in [0.15, 0.2) is 24.3 Å². The number of unbranched alkanes of at least 4 members (excludes halogenated alkanes) is 24. The summed E-state index contributed by atoms with van der Waals surface area (Å²) in [4.78, 5) is 0. The van der Waals surface area contributed by atoms with Crippen LogP contribution >= 0.6 is 7.75 Å². The minimum Gasteiger partial charge on any atom is -0.0885 e. The zero-order chi connectivity index (χ0) is 34.6. The first kappa shape index (κ1) is 47.1. The molecular formula is C41H84AsNO3P+. The quantitative estimate of drug-likeness (QED) is 0.0296. The Morgan fingerprint density at radius 3 is 1.09 bits per heavy atom. The van der Waals surface area contributed by atoms with E-state index in [0.29, 0.717) is 13.2 Å². The van der Waals surface area contributed by atoms with Gasteiger partial charge in [0, 0.05) is 0 Å². The third-order valence-corrected chi connectivity index (χ3v) is 13.9. The molecule has 0 bridgehead atoms. The molecule has 0 aliphatic carbocycles. The molecule has 0 aromatic rings. The van der Waals surface area contributed by atoms with Crippen LogP contribution in [0.3, 0.4) is 0 Å². The van der Waals surface area contributed by atoms with E-state index in [1.54, 1.807) is 0 Å². The van der Waals surface area contributed by atoms with Crippen LogP contribution in [0.4, 0.5) is 0 Å². The number of allylic oxidation sites excluding steroid dienone is 4. The van der Waals surface area contributed by atoms with Gasteiger partial charge in [0.05, 0.1) is 0 Å². The zero-order valence-corrected chi connectivity index (χ0v) is 35.3. The van der Waals surface area contributed by atoms with Crippen molar-refractivity contribution in [2.24, 2.45) is 0 Å². The van der Waals surface area contributed by atoms with Gasteiger partial charge in [-0.05, 0) is 38.5 Å². The van der Waals surface area contributed by atoms with Crippen LogP contribution in [0.25, 0.3) is 0 Å². The van der Waals surface area contributed by atoms with Crippen LogP contribution in [-0.2, 0) is 13.6 Å². The Hall–Kier alpha value is 0.148. The van der Waals surface area contributed by atoms with Crippen molar-refractivity contribution >= 4 is 21.3 Å². The Morgan fingerprint density at radius 2 is 0.766 bits per heavy atom. The second-order valence-corrected chi connectivity index (χ2v) is 27.3. The SMILES string of the molecule is CCCCCCCC/C=C/CCCCCCCCOP(=O)(NCC[As+](C)(C)C)OCCCCCCCC/C=C/CCCCCCCC. The van der Waals surface area contributed by atoms with E-state index in [-0.39, 0.29) is 0 Å². The summed E-state index contributed by atoms with van der Waals surface area (Å²) >= 11 is -1.55. The molecule has 0 spiro atoms. The first-order valence-electron chi connectivity index (χ1n) is 20.6. The minimum absolute atomic E-state index is 0.522. The monoisotopic (exact) mass is 745 g/mol. The van der Waals surface area contributed by atoms with Crippen molar-refractivity contribution in [3.8, 4) is 0 Å². The van der Waals surface area contributed by atoms with Gasteiger partial charge in [-0.15, -0.1) is 0 Å². The summed E-state index contributed by atoms with van der Waals surface area (Å²) < 4.78 is 25.3. The number of nitrogens with one attached hydrogen (secondary N) is 1. The third-order valence-electron chi connectivity index (χ3n) is 8.92. The Morgan fingerprint density at radius 1 is 0.468 bits per heavy atom. The molecule has 0 rings (SSSR count). The summed E-state index contributed by atoms with van der Waals surface area (Å²) in [5, 5.41) is 4.31. The molecule has 6 heteroatoms. The van der Waals surface area contributed by atoms with Gasteiger partial charge in [-0.2, -0.15) is 0 Å². The Labute approximate surface area is 298 Å². The molecule has 0 radical (unpaired) electrons. The molecule has 0 saturated carbocycles. The van der Waals surface area contributed by atoms with Gasteiger partial charge in [0.1, 0.15) is 0 Å². The van der Waals surface area contributed by atoms with Crippen LogP contribution < -0.4 is 5.09 Å². The number of rotatable bonds is 38. The standard InChI is InChI=1S/C41H84AsNO3P/c1-6-8-10-12-14-16-18-20-22-24-26-28-30-32-34-36-40-45-47(44,43-39-38-42(3,4)5)46-41-37-35-33-31-29-27-25-23-21-19-17-15-13-11-9-7-2/h20-23H,6-19,24-41H2,1-5H3,(H,43,44)/q+1/b22-20+,23-21+. The van der Waals surface area contributed by atoms with E-state index in [9.17, 15) is 4.57 Å². The fourth-order valence-electron chi connectivity index (χ4n) is 5.72. The van der Waals surface area contributed by atoms with E-state index in [4.69, 9.17) is 9.05 Å². The topological polar surface area (TPSA) is 47.6 Å². The van der Waals surface area contributed by atoms with Crippen LogP contribution in [-0.4, -0.2) is 33.3 Å². The maximum absolute atomic E-state index is 13.5. The third kappa shape index (κ3) is 38.8. The van der Waals surface area contributed by atoms with Crippen molar-refractivity contribution in [1.82, 2.24) is 5.09 Å². The second kappa shape index (κ2) is 36.0. The summed E-state index contributed by atoms with van der Waals surface area (Å²) in [5.74, 6) is 0.